The highest BCUT2D eigenvalue weighted by molar-refractivity contribution is 7.14. The van der Waals surface area contributed by atoms with Crippen LogP contribution in [0.5, 0.6) is 0 Å². The zero-order chi connectivity index (χ0) is 15.2. The molecular formula is C15H22N6S. The minimum Gasteiger partial charge on any atom is -0.360 e. The number of H-pyrrole nitrogens is 1. The molecule has 0 spiro atoms. The third kappa shape index (κ3) is 3.59. The Bertz CT molecular complexity index is 569. The predicted octanol–water partition coefficient (Wildman–Crippen LogP) is 1.76. The van der Waals surface area contributed by atoms with Crippen molar-refractivity contribution in [3.8, 4) is 0 Å². The second-order valence-corrected chi connectivity index (χ2v) is 6.10. The van der Waals surface area contributed by atoms with E-state index in [0.717, 1.165) is 44.4 Å². The molecule has 1 saturated heterocycles. The first-order valence-electron chi connectivity index (χ1n) is 7.67. The highest BCUT2D eigenvalue weighted by Crippen LogP contribution is 2.22. The fourth-order valence-electron chi connectivity index (χ4n) is 2.55. The van der Waals surface area contributed by atoms with E-state index in [1.165, 1.54) is 5.00 Å². The lowest BCUT2D eigenvalue weighted by atomic mass is 10.3. The van der Waals surface area contributed by atoms with Gasteiger partial charge in [0.15, 0.2) is 5.96 Å². The van der Waals surface area contributed by atoms with Crippen molar-refractivity contribution >= 4 is 22.3 Å². The minimum atomic E-state index is 0.632. The van der Waals surface area contributed by atoms with Gasteiger partial charge in [-0.15, -0.1) is 11.3 Å². The third-order valence-corrected chi connectivity index (χ3v) is 4.62. The van der Waals surface area contributed by atoms with Crippen LogP contribution in [0.1, 0.15) is 12.6 Å². The van der Waals surface area contributed by atoms with Crippen LogP contribution in [-0.4, -0.2) is 53.8 Å². The first kappa shape index (κ1) is 14.9. The maximum atomic E-state index is 4.71. The molecule has 0 saturated carbocycles. The van der Waals surface area contributed by atoms with Crippen LogP contribution < -0.4 is 10.2 Å². The van der Waals surface area contributed by atoms with E-state index in [0.29, 0.717) is 6.54 Å². The van der Waals surface area contributed by atoms with Gasteiger partial charge in [0.05, 0.1) is 17.2 Å². The zero-order valence-corrected chi connectivity index (χ0v) is 13.6. The van der Waals surface area contributed by atoms with Gasteiger partial charge in [0.2, 0.25) is 0 Å². The van der Waals surface area contributed by atoms with Crippen molar-refractivity contribution in [2.24, 2.45) is 4.99 Å². The summed E-state index contributed by atoms with van der Waals surface area (Å²) in [6.45, 7) is 7.68. The lowest BCUT2D eigenvalue weighted by molar-refractivity contribution is 0.373. The standard InChI is InChI=1S/C15H22N6S/c1-2-16-15(17-12-13-5-6-18-19-13)21-9-7-20(8-10-21)14-4-3-11-22-14/h3-6,11H,2,7-10,12H2,1H3,(H,16,17)(H,18,19). The normalized spacial score (nSPS) is 16.1. The Morgan fingerprint density at radius 1 is 1.36 bits per heavy atom. The molecule has 22 heavy (non-hydrogen) atoms. The lowest BCUT2D eigenvalue weighted by Crippen LogP contribution is -2.52. The van der Waals surface area contributed by atoms with E-state index in [1.54, 1.807) is 6.20 Å². The summed E-state index contributed by atoms with van der Waals surface area (Å²) in [5.41, 5.74) is 1.03. The number of anilines is 1. The quantitative estimate of drug-likeness (QED) is 0.666. The Balaban J connectivity index is 1.59. The number of hydrogen-bond donors (Lipinski definition) is 2. The predicted molar refractivity (Wildman–Crippen MR) is 91.5 cm³/mol. The number of piperazine rings is 1. The Morgan fingerprint density at radius 2 is 2.23 bits per heavy atom. The van der Waals surface area contributed by atoms with E-state index >= 15 is 0 Å². The summed E-state index contributed by atoms with van der Waals surface area (Å²) in [7, 11) is 0. The number of nitrogens with zero attached hydrogens (tertiary/aromatic N) is 4. The number of thiophene rings is 1. The first-order chi connectivity index (χ1) is 10.9. The van der Waals surface area contributed by atoms with E-state index in [4.69, 9.17) is 4.99 Å². The molecule has 2 aromatic rings. The average Bonchev–Trinajstić information content (AvgIpc) is 3.25. The van der Waals surface area contributed by atoms with Crippen LogP contribution >= 0.6 is 11.3 Å². The summed E-state index contributed by atoms with van der Waals surface area (Å²) in [5, 5.41) is 13.8. The maximum Gasteiger partial charge on any atom is 0.194 e. The van der Waals surface area contributed by atoms with Crippen molar-refractivity contribution in [2.45, 2.75) is 13.5 Å². The van der Waals surface area contributed by atoms with E-state index in [2.05, 4.69) is 49.8 Å². The summed E-state index contributed by atoms with van der Waals surface area (Å²) in [6, 6.07) is 6.27. The highest BCUT2D eigenvalue weighted by Gasteiger charge is 2.20. The molecule has 0 aromatic carbocycles. The fourth-order valence-corrected chi connectivity index (χ4v) is 3.33. The number of nitrogens with one attached hydrogen (secondary N) is 2. The molecule has 0 radical (unpaired) electrons. The molecule has 0 bridgehead atoms. The van der Waals surface area contributed by atoms with Gasteiger partial charge in [-0.2, -0.15) is 5.10 Å². The van der Waals surface area contributed by atoms with Crippen molar-refractivity contribution in [3.63, 3.8) is 0 Å². The Labute approximate surface area is 134 Å². The van der Waals surface area contributed by atoms with Crippen LogP contribution in [0.25, 0.3) is 0 Å². The largest absolute Gasteiger partial charge is 0.360 e. The van der Waals surface area contributed by atoms with Gasteiger partial charge in [-0.25, -0.2) is 4.99 Å². The Kier molecular flexibility index (Phi) is 4.95. The molecule has 118 valence electrons. The van der Waals surface area contributed by atoms with Gasteiger partial charge >= 0.3 is 0 Å². The van der Waals surface area contributed by atoms with Crippen molar-refractivity contribution < 1.29 is 0 Å². The molecule has 2 aromatic heterocycles. The maximum absolute atomic E-state index is 4.71. The van der Waals surface area contributed by atoms with Gasteiger partial charge in [0.1, 0.15) is 0 Å². The molecule has 0 aliphatic carbocycles. The summed E-state index contributed by atoms with van der Waals surface area (Å²) in [5.74, 6) is 0.989. The van der Waals surface area contributed by atoms with Crippen molar-refractivity contribution in [2.75, 3.05) is 37.6 Å². The fraction of sp³-hybridized carbons (Fsp3) is 0.467. The van der Waals surface area contributed by atoms with Crippen LogP contribution in [-0.2, 0) is 6.54 Å². The van der Waals surface area contributed by atoms with Gasteiger partial charge in [-0.05, 0) is 30.5 Å². The summed E-state index contributed by atoms with van der Waals surface area (Å²) < 4.78 is 0. The van der Waals surface area contributed by atoms with Gasteiger partial charge in [-0.3, -0.25) is 5.10 Å². The highest BCUT2D eigenvalue weighted by atomic mass is 32.1. The van der Waals surface area contributed by atoms with E-state index in [9.17, 15) is 0 Å². The molecule has 0 unspecified atom stereocenters. The van der Waals surface area contributed by atoms with Crippen LogP contribution in [0.4, 0.5) is 5.00 Å². The summed E-state index contributed by atoms with van der Waals surface area (Å²) >= 11 is 1.81. The molecule has 0 atom stereocenters. The minimum absolute atomic E-state index is 0.632. The topological polar surface area (TPSA) is 59.6 Å². The third-order valence-electron chi connectivity index (χ3n) is 3.69. The van der Waals surface area contributed by atoms with Crippen LogP contribution in [0.15, 0.2) is 34.8 Å². The molecule has 3 heterocycles. The van der Waals surface area contributed by atoms with Gasteiger partial charge in [0.25, 0.3) is 0 Å². The van der Waals surface area contributed by atoms with Crippen LogP contribution in [0.2, 0.25) is 0 Å². The number of aromatic amines is 1. The molecule has 2 N–H and O–H groups in total. The number of rotatable bonds is 4. The molecular weight excluding hydrogens is 296 g/mol. The van der Waals surface area contributed by atoms with Crippen molar-refractivity contribution in [1.82, 2.24) is 20.4 Å². The second kappa shape index (κ2) is 7.31. The molecule has 1 fully saturated rings. The smallest absolute Gasteiger partial charge is 0.194 e. The van der Waals surface area contributed by atoms with E-state index in [1.807, 2.05) is 17.4 Å². The summed E-state index contributed by atoms with van der Waals surface area (Å²) in [6.07, 6.45) is 1.76. The summed E-state index contributed by atoms with van der Waals surface area (Å²) in [4.78, 5) is 9.49. The zero-order valence-electron chi connectivity index (χ0n) is 12.8. The van der Waals surface area contributed by atoms with Crippen LogP contribution in [0, 0.1) is 0 Å². The van der Waals surface area contributed by atoms with E-state index < -0.39 is 0 Å². The molecule has 6 nitrogen and oxygen atoms in total. The van der Waals surface area contributed by atoms with E-state index in [-0.39, 0.29) is 0 Å². The monoisotopic (exact) mass is 318 g/mol. The molecule has 1 aliphatic heterocycles. The average molecular weight is 318 g/mol. The lowest BCUT2D eigenvalue weighted by Gasteiger charge is -2.37. The molecule has 1 aliphatic rings. The molecule has 0 amide bonds. The SMILES string of the molecule is CCNC(=NCc1ccn[nH]1)N1CCN(c2cccs2)CC1. The number of hydrogen-bond acceptors (Lipinski definition) is 4. The van der Waals surface area contributed by atoms with Gasteiger partial charge in [-0.1, -0.05) is 0 Å². The Hall–Kier alpha value is -2.02. The first-order valence-corrected chi connectivity index (χ1v) is 8.54. The Morgan fingerprint density at radius 3 is 2.86 bits per heavy atom. The number of aliphatic imine (C=N–C) groups is 1. The van der Waals surface area contributed by atoms with Gasteiger partial charge < -0.3 is 15.1 Å². The molecule has 7 heteroatoms. The van der Waals surface area contributed by atoms with Crippen LogP contribution in [0.3, 0.4) is 0 Å². The number of guanidine groups is 1. The molecule has 3 rings (SSSR count). The van der Waals surface area contributed by atoms with Gasteiger partial charge in [0, 0.05) is 38.9 Å². The second-order valence-electron chi connectivity index (χ2n) is 5.18. The number of aromatic nitrogens is 2. The van der Waals surface area contributed by atoms with Crippen molar-refractivity contribution in [3.05, 3.63) is 35.5 Å². The van der Waals surface area contributed by atoms with Crippen molar-refractivity contribution in [1.29, 1.82) is 0 Å².